The fraction of sp³-hybridized carbons (Fsp3) is 0.200. The quantitative estimate of drug-likeness (QED) is 0.941. The number of rotatable bonds is 4. The van der Waals surface area contributed by atoms with Crippen LogP contribution in [0.5, 0.6) is 17.2 Å². The highest BCUT2D eigenvalue weighted by atomic mass is 35.5. The van der Waals surface area contributed by atoms with E-state index in [1.165, 1.54) is 12.1 Å². The van der Waals surface area contributed by atoms with Gasteiger partial charge in [-0.25, -0.2) is 4.39 Å². The summed E-state index contributed by atoms with van der Waals surface area (Å²) in [6.45, 7) is 0.113. The summed E-state index contributed by atoms with van der Waals surface area (Å²) in [7, 11) is 0. The third kappa shape index (κ3) is 2.89. The molecule has 0 bridgehead atoms. The largest absolute Gasteiger partial charge is 0.488 e. The van der Waals surface area contributed by atoms with Crippen molar-refractivity contribution in [1.82, 2.24) is 0 Å². The van der Waals surface area contributed by atoms with Crippen molar-refractivity contribution in [1.29, 1.82) is 0 Å². The molecule has 1 aliphatic heterocycles. The molecule has 0 atom stereocenters. The second-order valence-electron chi connectivity index (χ2n) is 4.50. The molecule has 1 heterocycles. The molecule has 1 N–H and O–H groups in total. The molecule has 0 aliphatic carbocycles. The summed E-state index contributed by atoms with van der Waals surface area (Å²) < 4.78 is 29.2. The maximum atomic E-state index is 13.0. The van der Waals surface area contributed by atoms with E-state index in [4.69, 9.17) is 25.8 Å². The van der Waals surface area contributed by atoms with Crippen LogP contribution in [-0.4, -0.2) is 11.9 Å². The molecular weight excluding hydrogens is 299 g/mol. The number of aliphatic hydroxyl groups is 1. The number of fused-ring (bicyclic) bond motifs is 1. The lowest BCUT2D eigenvalue weighted by atomic mass is 10.2. The van der Waals surface area contributed by atoms with Gasteiger partial charge in [0.25, 0.3) is 0 Å². The van der Waals surface area contributed by atoms with Crippen molar-refractivity contribution in [3.8, 4) is 17.2 Å². The Morgan fingerprint density at radius 3 is 2.62 bits per heavy atom. The van der Waals surface area contributed by atoms with E-state index in [9.17, 15) is 9.50 Å². The van der Waals surface area contributed by atoms with Crippen LogP contribution in [0.4, 0.5) is 4.39 Å². The normalized spacial score (nSPS) is 12.5. The van der Waals surface area contributed by atoms with Crippen LogP contribution in [0, 0.1) is 5.82 Å². The molecule has 0 saturated carbocycles. The average molecular weight is 311 g/mol. The van der Waals surface area contributed by atoms with Crippen molar-refractivity contribution >= 4 is 11.6 Å². The van der Waals surface area contributed by atoms with Crippen molar-refractivity contribution in [3.05, 3.63) is 52.3 Å². The predicted molar refractivity (Wildman–Crippen MR) is 74.2 cm³/mol. The third-order valence-corrected chi connectivity index (χ3v) is 3.48. The summed E-state index contributed by atoms with van der Waals surface area (Å²) >= 11 is 5.95. The van der Waals surface area contributed by atoms with Gasteiger partial charge in [0, 0.05) is 17.2 Å². The van der Waals surface area contributed by atoms with Crippen LogP contribution in [0.1, 0.15) is 11.1 Å². The average Bonchev–Trinajstić information content (AvgIpc) is 2.92. The summed E-state index contributed by atoms with van der Waals surface area (Å²) in [6, 6.07) is 7.43. The zero-order valence-corrected chi connectivity index (χ0v) is 11.7. The first-order valence-corrected chi connectivity index (χ1v) is 6.65. The van der Waals surface area contributed by atoms with Crippen LogP contribution in [0.15, 0.2) is 30.3 Å². The van der Waals surface area contributed by atoms with Crippen LogP contribution in [-0.2, 0) is 13.2 Å². The standard InChI is InChI=1S/C15H12ClFO4/c16-12-4-11(17)2-1-9(12)7-19-13-5-15-14(20-8-21-15)3-10(13)6-18/h1-5,18H,6-8H2. The van der Waals surface area contributed by atoms with Gasteiger partial charge in [-0.05, 0) is 18.2 Å². The number of benzene rings is 2. The molecule has 0 saturated heterocycles. The Kier molecular flexibility index (Phi) is 3.86. The molecule has 4 nitrogen and oxygen atoms in total. The molecule has 6 heteroatoms. The lowest BCUT2D eigenvalue weighted by Gasteiger charge is -2.12. The third-order valence-electron chi connectivity index (χ3n) is 3.12. The lowest BCUT2D eigenvalue weighted by molar-refractivity contribution is 0.173. The van der Waals surface area contributed by atoms with E-state index in [1.807, 2.05) is 0 Å². The Morgan fingerprint density at radius 1 is 1.14 bits per heavy atom. The van der Waals surface area contributed by atoms with E-state index < -0.39 is 5.82 Å². The predicted octanol–water partition coefficient (Wildman–Crippen LogP) is 3.28. The van der Waals surface area contributed by atoms with Gasteiger partial charge < -0.3 is 19.3 Å². The van der Waals surface area contributed by atoms with Gasteiger partial charge in [0.2, 0.25) is 6.79 Å². The van der Waals surface area contributed by atoms with E-state index in [-0.39, 0.29) is 20.0 Å². The highest BCUT2D eigenvalue weighted by molar-refractivity contribution is 6.31. The van der Waals surface area contributed by atoms with Crippen LogP contribution in [0.2, 0.25) is 5.02 Å². The molecule has 110 valence electrons. The molecule has 0 unspecified atom stereocenters. The second kappa shape index (κ2) is 5.79. The highest BCUT2D eigenvalue weighted by Crippen LogP contribution is 2.38. The molecule has 1 aliphatic rings. The lowest BCUT2D eigenvalue weighted by Crippen LogP contribution is -2.00. The van der Waals surface area contributed by atoms with Crippen LogP contribution >= 0.6 is 11.6 Å². The van der Waals surface area contributed by atoms with Gasteiger partial charge in [-0.15, -0.1) is 0 Å². The number of halogens is 2. The minimum atomic E-state index is -0.400. The summed E-state index contributed by atoms with van der Waals surface area (Å²) in [6.07, 6.45) is 0. The molecule has 2 aromatic rings. The number of hydrogen-bond donors (Lipinski definition) is 1. The Balaban J connectivity index is 1.81. The first-order valence-electron chi connectivity index (χ1n) is 6.27. The summed E-state index contributed by atoms with van der Waals surface area (Å²) in [5.74, 6) is 1.21. The van der Waals surface area contributed by atoms with E-state index in [0.29, 0.717) is 33.4 Å². The molecule has 2 aromatic carbocycles. The van der Waals surface area contributed by atoms with Gasteiger partial charge in [0.15, 0.2) is 11.5 Å². The molecule has 0 aromatic heterocycles. The zero-order valence-electron chi connectivity index (χ0n) is 10.9. The summed E-state index contributed by atoms with van der Waals surface area (Å²) in [5, 5.41) is 9.68. The second-order valence-corrected chi connectivity index (χ2v) is 4.90. The van der Waals surface area contributed by atoms with Gasteiger partial charge in [-0.1, -0.05) is 17.7 Å². The van der Waals surface area contributed by atoms with Crippen molar-refractivity contribution in [3.63, 3.8) is 0 Å². The van der Waals surface area contributed by atoms with Crippen LogP contribution in [0.3, 0.4) is 0 Å². The summed E-state index contributed by atoms with van der Waals surface area (Å²) in [5.41, 5.74) is 1.23. The van der Waals surface area contributed by atoms with Crippen molar-refractivity contribution in [2.24, 2.45) is 0 Å². The molecule has 0 spiro atoms. The SMILES string of the molecule is OCc1cc2c(cc1OCc1ccc(F)cc1Cl)OCO2. The minimum absolute atomic E-state index is 0.146. The highest BCUT2D eigenvalue weighted by Gasteiger charge is 2.18. The fourth-order valence-electron chi connectivity index (χ4n) is 2.02. The number of ether oxygens (including phenoxy) is 3. The molecule has 0 fully saturated rings. The van der Waals surface area contributed by atoms with Crippen LogP contribution in [0.25, 0.3) is 0 Å². The van der Waals surface area contributed by atoms with Crippen LogP contribution < -0.4 is 14.2 Å². The van der Waals surface area contributed by atoms with Gasteiger partial charge in [0.1, 0.15) is 18.2 Å². The van der Waals surface area contributed by atoms with Crippen molar-refractivity contribution in [2.45, 2.75) is 13.2 Å². The topological polar surface area (TPSA) is 47.9 Å². The van der Waals surface area contributed by atoms with E-state index in [1.54, 1.807) is 18.2 Å². The van der Waals surface area contributed by atoms with Gasteiger partial charge in [-0.3, -0.25) is 0 Å². The minimum Gasteiger partial charge on any atom is -0.488 e. The zero-order chi connectivity index (χ0) is 14.8. The van der Waals surface area contributed by atoms with Gasteiger partial charge >= 0.3 is 0 Å². The first-order chi connectivity index (χ1) is 10.2. The van der Waals surface area contributed by atoms with Gasteiger partial charge in [-0.2, -0.15) is 0 Å². The van der Waals surface area contributed by atoms with E-state index in [0.717, 1.165) is 0 Å². The van der Waals surface area contributed by atoms with Crippen molar-refractivity contribution in [2.75, 3.05) is 6.79 Å². The molecule has 0 radical (unpaired) electrons. The molecule has 21 heavy (non-hydrogen) atoms. The first kappa shape index (κ1) is 14.0. The number of aliphatic hydroxyl groups excluding tert-OH is 1. The Bertz CT molecular complexity index is 675. The number of hydrogen-bond acceptors (Lipinski definition) is 4. The van der Waals surface area contributed by atoms with Crippen molar-refractivity contribution < 1.29 is 23.7 Å². The molecule has 3 rings (SSSR count). The molecular formula is C15H12ClFO4. The Morgan fingerprint density at radius 2 is 1.90 bits per heavy atom. The fourth-order valence-corrected chi connectivity index (χ4v) is 2.24. The maximum Gasteiger partial charge on any atom is 0.231 e. The summed E-state index contributed by atoms with van der Waals surface area (Å²) in [4.78, 5) is 0. The van der Waals surface area contributed by atoms with Gasteiger partial charge in [0.05, 0.1) is 11.6 Å². The maximum absolute atomic E-state index is 13.0. The Hall–Kier alpha value is -1.98. The smallest absolute Gasteiger partial charge is 0.231 e. The monoisotopic (exact) mass is 310 g/mol. The van der Waals surface area contributed by atoms with E-state index in [2.05, 4.69) is 0 Å². The molecule has 0 amide bonds. The Labute approximate surface area is 125 Å². The van der Waals surface area contributed by atoms with E-state index >= 15 is 0 Å².